The average molecular weight is 169 g/mol. The van der Waals surface area contributed by atoms with Gasteiger partial charge in [-0.3, -0.25) is 4.84 Å². The second-order valence-electron chi connectivity index (χ2n) is 2.53. The first-order valence-electron chi connectivity index (χ1n) is 3.52. The minimum Gasteiger partial charge on any atom is -0.504 e. The van der Waals surface area contributed by atoms with Crippen molar-refractivity contribution in [3.05, 3.63) is 23.8 Å². The van der Waals surface area contributed by atoms with E-state index in [2.05, 4.69) is 4.84 Å². The van der Waals surface area contributed by atoms with Crippen LogP contribution in [0.15, 0.2) is 18.2 Å². The summed E-state index contributed by atoms with van der Waals surface area (Å²) in [6.45, 7) is 1.74. The van der Waals surface area contributed by atoms with E-state index in [1.54, 1.807) is 13.0 Å². The Morgan fingerprint density at radius 1 is 1.33 bits per heavy atom. The van der Waals surface area contributed by atoms with E-state index in [0.29, 0.717) is 5.56 Å². The summed E-state index contributed by atoms with van der Waals surface area (Å²) in [6, 6.07) is 4.43. The van der Waals surface area contributed by atoms with Crippen molar-refractivity contribution in [2.45, 2.75) is 13.0 Å². The minimum absolute atomic E-state index is 0.150. The molecule has 1 unspecified atom stereocenters. The number of benzene rings is 1. The summed E-state index contributed by atoms with van der Waals surface area (Å²) in [6.07, 6.45) is -0.295. The van der Waals surface area contributed by atoms with Crippen LogP contribution in [-0.2, 0) is 4.84 Å². The molecule has 12 heavy (non-hydrogen) atoms. The zero-order chi connectivity index (χ0) is 9.14. The predicted octanol–water partition coefficient (Wildman–Crippen LogP) is 1.05. The van der Waals surface area contributed by atoms with Crippen molar-refractivity contribution in [3.63, 3.8) is 0 Å². The summed E-state index contributed by atoms with van der Waals surface area (Å²) >= 11 is 0. The van der Waals surface area contributed by atoms with Crippen LogP contribution in [0, 0.1) is 0 Å². The standard InChI is InChI=1S/C8H11NO3/c1-5(12-9)6-2-3-7(10)8(11)4-6/h2-5,10-11H,9H2,1H3. The quantitative estimate of drug-likeness (QED) is 0.457. The fraction of sp³-hybridized carbons (Fsp3) is 0.250. The van der Waals surface area contributed by atoms with Crippen molar-refractivity contribution in [1.29, 1.82) is 0 Å². The highest BCUT2D eigenvalue weighted by Crippen LogP contribution is 2.28. The molecule has 0 amide bonds. The van der Waals surface area contributed by atoms with E-state index in [1.807, 2.05) is 0 Å². The van der Waals surface area contributed by atoms with Crippen LogP contribution >= 0.6 is 0 Å². The van der Waals surface area contributed by atoms with Crippen LogP contribution in [0.25, 0.3) is 0 Å². The molecule has 4 nitrogen and oxygen atoms in total. The lowest BCUT2D eigenvalue weighted by Crippen LogP contribution is -2.04. The number of phenols is 2. The van der Waals surface area contributed by atoms with Crippen LogP contribution in [0.2, 0.25) is 0 Å². The van der Waals surface area contributed by atoms with E-state index in [-0.39, 0.29) is 17.6 Å². The van der Waals surface area contributed by atoms with E-state index >= 15 is 0 Å². The lowest BCUT2D eigenvalue weighted by atomic mass is 10.1. The Balaban J connectivity index is 2.96. The molecule has 0 aliphatic carbocycles. The molecule has 0 spiro atoms. The van der Waals surface area contributed by atoms with Crippen LogP contribution in [0.5, 0.6) is 11.5 Å². The molecule has 0 fully saturated rings. The van der Waals surface area contributed by atoms with Crippen molar-refractivity contribution in [2.24, 2.45) is 5.90 Å². The molecule has 0 radical (unpaired) electrons. The highest BCUT2D eigenvalue weighted by atomic mass is 16.6. The Hall–Kier alpha value is -1.26. The van der Waals surface area contributed by atoms with Crippen molar-refractivity contribution in [1.82, 2.24) is 0 Å². The maximum absolute atomic E-state index is 9.10. The molecule has 1 aromatic rings. The number of nitrogens with two attached hydrogens (primary N) is 1. The van der Waals surface area contributed by atoms with Gasteiger partial charge in [-0.25, -0.2) is 5.90 Å². The molecule has 0 bridgehead atoms. The first kappa shape index (κ1) is 8.83. The van der Waals surface area contributed by atoms with Gasteiger partial charge in [0, 0.05) is 0 Å². The predicted molar refractivity (Wildman–Crippen MR) is 43.5 cm³/mol. The van der Waals surface area contributed by atoms with Gasteiger partial charge in [0.15, 0.2) is 11.5 Å². The van der Waals surface area contributed by atoms with Gasteiger partial charge in [-0.05, 0) is 24.6 Å². The van der Waals surface area contributed by atoms with Gasteiger partial charge in [0.25, 0.3) is 0 Å². The highest BCUT2D eigenvalue weighted by molar-refractivity contribution is 5.41. The zero-order valence-corrected chi connectivity index (χ0v) is 6.69. The molecule has 0 heterocycles. The van der Waals surface area contributed by atoms with Crippen LogP contribution in [-0.4, -0.2) is 10.2 Å². The summed E-state index contributed by atoms with van der Waals surface area (Å²) in [5.41, 5.74) is 0.716. The monoisotopic (exact) mass is 169 g/mol. The van der Waals surface area contributed by atoms with E-state index in [4.69, 9.17) is 16.1 Å². The van der Waals surface area contributed by atoms with Crippen LogP contribution in [0.4, 0.5) is 0 Å². The van der Waals surface area contributed by atoms with E-state index in [0.717, 1.165) is 0 Å². The van der Waals surface area contributed by atoms with E-state index in [9.17, 15) is 0 Å². The SMILES string of the molecule is CC(ON)c1ccc(O)c(O)c1. The number of rotatable bonds is 2. The fourth-order valence-corrected chi connectivity index (χ4v) is 0.872. The maximum atomic E-state index is 9.10. The van der Waals surface area contributed by atoms with Crippen LogP contribution in [0.3, 0.4) is 0 Å². The maximum Gasteiger partial charge on any atom is 0.157 e. The summed E-state index contributed by atoms with van der Waals surface area (Å²) in [4.78, 5) is 4.54. The third-order valence-corrected chi connectivity index (χ3v) is 1.67. The number of hydrogen-bond donors (Lipinski definition) is 3. The second-order valence-corrected chi connectivity index (χ2v) is 2.53. The summed E-state index contributed by atoms with van der Waals surface area (Å²) in [5.74, 6) is 4.63. The molecule has 0 saturated carbocycles. The molecule has 1 rings (SSSR count). The molecule has 0 aliphatic rings. The molecule has 0 aromatic heterocycles. The molecule has 0 aliphatic heterocycles. The largest absolute Gasteiger partial charge is 0.504 e. The molecule has 1 aromatic carbocycles. The third kappa shape index (κ3) is 1.66. The molecule has 4 heteroatoms. The van der Waals surface area contributed by atoms with Crippen molar-refractivity contribution < 1.29 is 15.1 Å². The Bertz CT molecular complexity index is 275. The third-order valence-electron chi connectivity index (χ3n) is 1.67. The fourth-order valence-electron chi connectivity index (χ4n) is 0.872. The normalized spacial score (nSPS) is 12.8. The number of hydrogen-bond acceptors (Lipinski definition) is 4. The van der Waals surface area contributed by atoms with Crippen molar-refractivity contribution in [2.75, 3.05) is 0 Å². The smallest absolute Gasteiger partial charge is 0.157 e. The van der Waals surface area contributed by atoms with Crippen molar-refractivity contribution in [3.8, 4) is 11.5 Å². The summed E-state index contributed by atoms with van der Waals surface area (Å²) in [5, 5.41) is 18.1. The van der Waals surface area contributed by atoms with Crippen LogP contribution < -0.4 is 5.90 Å². The topological polar surface area (TPSA) is 75.7 Å². The Labute approximate surface area is 70.2 Å². The van der Waals surface area contributed by atoms with Gasteiger partial charge in [0.05, 0.1) is 0 Å². The van der Waals surface area contributed by atoms with E-state index < -0.39 is 0 Å². The minimum atomic E-state index is -0.295. The molecular formula is C8H11NO3. The summed E-state index contributed by atoms with van der Waals surface area (Å²) < 4.78 is 0. The summed E-state index contributed by atoms with van der Waals surface area (Å²) in [7, 11) is 0. The van der Waals surface area contributed by atoms with Crippen LogP contribution in [0.1, 0.15) is 18.6 Å². The Morgan fingerprint density at radius 2 is 2.00 bits per heavy atom. The van der Waals surface area contributed by atoms with Gasteiger partial charge < -0.3 is 10.2 Å². The van der Waals surface area contributed by atoms with Gasteiger partial charge in [0.2, 0.25) is 0 Å². The Morgan fingerprint density at radius 3 is 2.50 bits per heavy atom. The highest BCUT2D eigenvalue weighted by Gasteiger charge is 2.06. The average Bonchev–Trinajstić information content (AvgIpc) is 2.08. The molecular weight excluding hydrogens is 158 g/mol. The first-order valence-corrected chi connectivity index (χ1v) is 3.52. The molecule has 4 N–H and O–H groups in total. The van der Waals surface area contributed by atoms with Gasteiger partial charge >= 0.3 is 0 Å². The lowest BCUT2D eigenvalue weighted by Gasteiger charge is -2.09. The zero-order valence-electron chi connectivity index (χ0n) is 6.69. The van der Waals surface area contributed by atoms with Gasteiger partial charge in [-0.1, -0.05) is 6.07 Å². The number of aromatic hydroxyl groups is 2. The van der Waals surface area contributed by atoms with E-state index in [1.165, 1.54) is 12.1 Å². The van der Waals surface area contributed by atoms with Gasteiger partial charge in [0.1, 0.15) is 6.10 Å². The second kappa shape index (κ2) is 3.42. The van der Waals surface area contributed by atoms with Gasteiger partial charge in [-0.15, -0.1) is 0 Å². The Kier molecular flexibility index (Phi) is 2.52. The first-order chi connectivity index (χ1) is 5.65. The van der Waals surface area contributed by atoms with Crippen molar-refractivity contribution >= 4 is 0 Å². The lowest BCUT2D eigenvalue weighted by molar-refractivity contribution is 0.0662. The molecule has 66 valence electrons. The number of phenolic OH excluding ortho intramolecular Hbond substituents is 2. The molecule has 1 atom stereocenters. The van der Waals surface area contributed by atoms with Gasteiger partial charge in [-0.2, -0.15) is 0 Å². The molecule has 0 saturated heterocycles.